The van der Waals surface area contributed by atoms with Crippen LogP contribution in [-0.2, 0) is 13.1 Å². The number of phenolic OH excluding ortho intramolecular Hbond substituents is 1. The van der Waals surface area contributed by atoms with Gasteiger partial charge in [0.15, 0.2) is 6.54 Å². The highest BCUT2D eigenvalue weighted by molar-refractivity contribution is 5.79. The Morgan fingerprint density at radius 1 is 1.36 bits per heavy atom. The topological polar surface area (TPSA) is 29.0 Å². The van der Waals surface area contributed by atoms with E-state index in [-0.39, 0.29) is 12.4 Å². The molecule has 1 aliphatic heterocycles. The minimum absolute atomic E-state index is 0. The smallest absolute Gasteiger partial charge is 0.203 e. The molecule has 14 heavy (non-hydrogen) atoms. The number of nitrogens with zero attached hydrogens (tertiary/aromatic N) is 2. The fourth-order valence-electron chi connectivity index (χ4n) is 2.07. The lowest BCUT2D eigenvalue weighted by Gasteiger charge is -1.92. The molecule has 1 aromatic heterocycles. The van der Waals surface area contributed by atoms with Gasteiger partial charge in [-0.1, -0.05) is 0 Å². The lowest BCUT2D eigenvalue weighted by atomic mass is 10.2. The van der Waals surface area contributed by atoms with Crippen LogP contribution in [-0.4, -0.2) is 9.79 Å². The fourth-order valence-corrected chi connectivity index (χ4v) is 2.07. The number of aromatic hydroxyl groups is 1. The van der Waals surface area contributed by atoms with Gasteiger partial charge in [-0.3, -0.25) is 0 Å². The zero-order valence-electron chi connectivity index (χ0n) is 7.65. The van der Waals surface area contributed by atoms with Gasteiger partial charge in [0.1, 0.15) is 11.3 Å². The van der Waals surface area contributed by atoms with Gasteiger partial charge < -0.3 is 17.5 Å². The maximum atomic E-state index is 9.30. The molecule has 0 saturated carbocycles. The van der Waals surface area contributed by atoms with Crippen LogP contribution in [0.3, 0.4) is 0 Å². The average Bonchev–Trinajstić information content (AvgIpc) is 2.62. The molecule has 0 aliphatic carbocycles. The summed E-state index contributed by atoms with van der Waals surface area (Å²) in [5.41, 5.74) is 1.22. The van der Waals surface area contributed by atoms with E-state index in [0.29, 0.717) is 5.75 Å². The largest absolute Gasteiger partial charge is 1.00 e. The minimum atomic E-state index is 0. The van der Waals surface area contributed by atoms with Crippen molar-refractivity contribution in [2.24, 2.45) is 0 Å². The second-order valence-corrected chi connectivity index (χ2v) is 3.51. The zero-order valence-corrected chi connectivity index (χ0v) is 8.41. The van der Waals surface area contributed by atoms with Gasteiger partial charge in [-0.2, -0.15) is 4.68 Å². The summed E-state index contributed by atoms with van der Waals surface area (Å²) in [5.74, 6) is 0.345. The average molecular weight is 211 g/mol. The molecule has 0 bridgehead atoms. The summed E-state index contributed by atoms with van der Waals surface area (Å²) in [4.78, 5) is 0. The number of hydrogen-bond donors (Lipinski definition) is 1. The molecular weight excluding hydrogens is 200 g/mol. The highest BCUT2D eigenvalue weighted by Crippen LogP contribution is 2.20. The Kier molecular flexibility index (Phi) is 2.11. The van der Waals surface area contributed by atoms with Crippen molar-refractivity contribution in [1.82, 2.24) is 4.68 Å². The van der Waals surface area contributed by atoms with Crippen molar-refractivity contribution < 1.29 is 22.2 Å². The van der Waals surface area contributed by atoms with Gasteiger partial charge in [0.25, 0.3) is 0 Å². The number of halogens is 1. The van der Waals surface area contributed by atoms with Crippen LogP contribution in [0.1, 0.15) is 6.42 Å². The first kappa shape index (κ1) is 9.34. The second kappa shape index (κ2) is 3.17. The highest BCUT2D eigenvalue weighted by Gasteiger charge is 2.20. The Bertz CT molecular complexity index is 478. The predicted octanol–water partition coefficient (Wildman–Crippen LogP) is -1.96. The summed E-state index contributed by atoms with van der Waals surface area (Å²) in [6, 6.07) is 5.54. The Balaban J connectivity index is 0.000000750. The second-order valence-electron chi connectivity index (χ2n) is 3.51. The number of benzene rings is 1. The van der Waals surface area contributed by atoms with Gasteiger partial charge in [-0.15, -0.1) is 4.68 Å². The van der Waals surface area contributed by atoms with Crippen LogP contribution < -0.4 is 17.1 Å². The molecule has 2 aromatic rings. The predicted molar refractivity (Wildman–Crippen MR) is 48.4 cm³/mol. The third-order valence-corrected chi connectivity index (χ3v) is 2.64. The van der Waals surface area contributed by atoms with Crippen LogP contribution in [0.5, 0.6) is 5.75 Å². The molecule has 0 unspecified atom stereocenters. The molecule has 0 atom stereocenters. The fraction of sp³-hybridized carbons (Fsp3) is 0.300. The monoisotopic (exact) mass is 210 g/mol. The lowest BCUT2D eigenvalue weighted by molar-refractivity contribution is -0.755. The van der Waals surface area contributed by atoms with Crippen LogP contribution in [0.25, 0.3) is 10.9 Å². The van der Waals surface area contributed by atoms with Crippen LogP contribution in [0.15, 0.2) is 24.4 Å². The van der Waals surface area contributed by atoms with E-state index in [4.69, 9.17) is 0 Å². The number of aromatic nitrogens is 2. The van der Waals surface area contributed by atoms with Crippen LogP contribution in [0.4, 0.5) is 0 Å². The molecular formula is C10H11ClN2O. The minimum Gasteiger partial charge on any atom is -1.00 e. The summed E-state index contributed by atoms with van der Waals surface area (Å²) < 4.78 is 4.47. The molecule has 3 nitrogen and oxygen atoms in total. The first-order chi connectivity index (χ1) is 6.34. The van der Waals surface area contributed by atoms with Crippen molar-refractivity contribution in [3.05, 3.63) is 24.4 Å². The number of aryl methyl sites for hydroxylation is 2. The van der Waals surface area contributed by atoms with Gasteiger partial charge in [-0.25, -0.2) is 0 Å². The van der Waals surface area contributed by atoms with Gasteiger partial charge in [0.2, 0.25) is 6.20 Å². The molecule has 1 aromatic carbocycles. The van der Waals surface area contributed by atoms with E-state index >= 15 is 0 Å². The summed E-state index contributed by atoms with van der Waals surface area (Å²) in [7, 11) is 0. The molecule has 0 saturated heterocycles. The van der Waals surface area contributed by atoms with Crippen LogP contribution in [0, 0.1) is 0 Å². The van der Waals surface area contributed by atoms with E-state index < -0.39 is 0 Å². The van der Waals surface area contributed by atoms with Crippen LogP contribution in [0.2, 0.25) is 0 Å². The number of fused-ring (bicyclic) bond motifs is 3. The molecule has 0 amide bonds. The third-order valence-electron chi connectivity index (χ3n) is 2.64. The zero-order chi connectivity index (χ0) is 8.84. The van der Waals surface area contributed by atoms with E-state index in [2.05, 4.69) is 15.6 Å². The van der Waals surface area contributed by atoms with Crippen molar-refractivity contribution in [2.45, 2.75) is 19.5 Å². The van der Waals surface area contributed by atoms with Gasteiger partial charge >= 0.3 is 0 Å². The van der Waals surface area contributed by atoms with Gasteiger partial charge in [-0.05, 0) is 18.2 Å². The standard InChI is InChI=1S/C10H10N2O.ClH/c13-9-2-3-10-8(6-9)7-11-4-1-5-12(10)11;/h2-3,6-7H,1,4-5H2;1H. The van der Waals surface area contributed by atoms with Crippen molar-refractivity contribution in [1.29, 1.82) is 0 Å². The molecule has 1 aliphatic rings. The highest BCUT2D eigenvalue weighted by atomic mass is 35.5. The molecule has 3 rings (SSSR count). The number of phenols is 1. The van der Waals surface area contributed by atoms with E-state index in [0.717, 1.165) is 18.5 Å². The van der Waals surface area contributed by atoms with E-state index in [9.17, 15) is 5.11 Å². The van der Waals surface area contributed by atoms with E-state index in [1.807, 2.05) is 12.1 Å². The summed E-state index contributed by atoms with van der Waals surface area (Å²) >= 11 is 0. The Morgan fingerprint density at radius 2 is 2.21 bits per heavy atom. The number of hydrogen-bond acceptors (Lipinski definition) is 1. The quantitative estimate of drug-likeness (QED) is 0.503. The molecule has 4 heteroatoms. The molecule has 0 spiro atoms. The molecule has 1 N–H and O–H groups in total. The van der Waals surface area contributed by atoms with Gasteiger partial charge in [0, 0.05) is 6.42 Å². The summed E-state index contributed by atoms with van der Waals surface area (Å²) in [6.45, 7) is 2.18. The third kappa shape index (κ3) is 1.16. The molecule has 0 fully saturated rings. The van der Waals surface area contributed by atoms with E-state index in [1.54, 1.807) is 6.07 Å². The van der Waals surface area contributed by atoms with Crippen molar-refractivity contribution in [3.63, 3.8) is 0 Å². The Hall–Kier alpha value is -1.22. The SMILES string of the molecule is Oc1ccc2c(c1)c[n+]1n2CCC1.[Cl-]. The Morgan fingerprint density at radius 3 is 3.07 bits per heavy atom. The van der Waals surface area contributed by atoms with Crippen molar-refractivity contribution in [3.8, 4) is 5.75 Å². The maximum absolute atomic E-state index is 9.30. The maximum Gasteiger partial charge on any atom is 0.203 e. The molecule has 74 valence electrons. The van der Waals surface area contributed by atoms with Crippen molar-refractivity contribution in [2.75, 3.05) is 0 Å². The Labute approximate surface area is 88.0 Å². The van der Waals surface area contributed by atoms with Crippen molar-refractivity contribution >= 4 is 10.9 Å². The number of rotatable bonds is 0. The normalized spacial score (nSPS) is 14.0. The van der Waals surface area contributed by atoms with Crippen LogP contribution >= 0.6 is 0 Å². The lowest BCUT2D eigenvalue weighted by Crippen LogP contribution is -3.00. The first-order valence-corrected chi connectivity index (χ1v) is 4.56. The summed E-state index contributed by atoms with van der Waals surface area (Å²) in [6.07, 6.45) is 3.32. The first-order valence-electron chi connectivity index (χ1n) is 4.56. The van der Waals surface area contributed by atoms with E-state index in [1.165, 1.54) is 11.9 Å². The molecule has 2 heterocycles. The molecule has 0 radical (unpaired) electrons. The summed E-state index contributed by atoms with van der Waals surface area (Å²) in [5, 5.41) is 10.4. The van der Waals surface area contributed by atoms with Gasteiger partial charge in [0.05, 0.1) is 11.9 Å².